The molecule has 0 bridgehead atoms. The highest BCUT2D eigenvalue weighted by Crippen LogP contribution is 2.18. The van der Waals surface area contributed by atoms with Crippen molar-refractivity contribution in [3.63, 3.8) is 0 Å². The van der Waals surface area contributed by atoms with Crippen LogP contribution >= 0.6 is 34.8 Å². The molecule has 2 aromatic carbocycles. The second kappa shape index (κ2) is 11.0. The molecule has 2 rings (SSSR count). The summed E-state index contributed by atoms with van der Waals surface area (Å²) in [7, 11) is 0. The van der Waals surface area contributed by atoms with E-state index in [1.807, 2.05) is 12.1 Å². The van der Waals surface area contributed by atoms with Crippen LogP contribution in [0, 0.1) is 9.49 Å². The molecule has 0 saturated heterocycles. The molecule has 0 heterocycles. The number of nitrogens with one attached hydrogen (secondary N) is 3. The molecule has 0 atom stereocenters. The van der Waals surface area contributed by atoms with Crippen molar-refractivity contribution < 1.29 is 14.3 Å². The van der Waals surface area contributed by atoms with Crippen LogP contribution in [0.3, 0.4) is 0 Å². The van der Waals surface area contributed by atoms with Crippen molar-refractivity contribution in [2.75, 3.05) is 6.61 Å². The van der Waals surface area contributed by atoms with Gasteiger partial charge in [-0.2, -0.15) is 0 Å². The summed E-state index contributed by atoms with van der Waals surface area (Å²) in [6, 6.07) is 14.1. The molecule has 3 N–H and O–H groups in total. The predicted octanol–water partition coefficient (Wildman–Crippen LogP) is 3.67. The van der Waals surface area contributed by atoms with E-state index in [9.17, 15) is 9.59 Å². The van der Waals surface area contributed by atoms with Gasteiger partial charge in [-0.3, -0.25) is 25.8 Å². The van der Waals surface area contributed by atoms with Crippen molar-refractivity contribution in [2.24, 2.45) is 5.92 Å². The van der Waals surface area contributed by atoms with Crippen molar-refractivity contribution in [3.05, 3.63) is 63.2 Å². The van der Waals surface area contributed by atoms with E-state index in [2.05, 4.69) is 52.6 Å². The Morgan fingerprint density at radius 3 is 2.32 bits per heavy atom. The average Bonchev–Trinajstić information content (AvgIpc) is 2.66. The Labute approximate surface area is 183 Å². The fourth-order valence-electron chi connectivity index (χ4n) is 2.21. The van der Waals surface area contributed by atoms with Gasteiger partial charge >= 0.3 is 0 Å². The molecule has 0 saturated carbocycles. The lowest BCUT2D eigenvalue weighted by Gasteiger charge is -2.14. The van der Waals surface area contributed by atoms with Crippen LogP contribution < -0.4 is 20.9 Å². The number of rotatable bonds is 6. The zero-order valence-corrected chi connectivity index (χ0v) is 18.6. The highest BCUT2D eigenvalue weighted by Gasteiger charge is 2.15. The SMILES string of the molecule is CC(C)CCOc1ccccc1C(=O)NC(=S)NNC(=O)c1ccccc1I. The topological polar surface area (TPSA) is 79.5 Å². The number of hydrogen-bond donors (Lipinski definition) is 3. The van der Waals surface area contributed by atoms with Crippen LogP contribution in [0.4, 0.5) is 0 Å². The first kappa shape index (κ1) is 22.1. The lowest BCUT2D eigenvalue weighted by molar-refractivity contribution is 0.0933. The lowest BCUT2D eigenvalue weighted by Crippen LogP contribution is -2.48. The van der Waals surface area contributed by atoms with Crippen molar-refractivity contribution in [2.45, 2.75) is 20.3 Å². The van der Waals surface area contributed by atoms with Gasteiger partial charge in [0.15, 0.2) is 5.11 Å². The summed E-state index contributed by atoms with van der Waals surface area (Å²) in [6.45, 7) is 4.74. The maximum absolute atomic E-state index is 12.5. The van der Waals surface area contributed by atoms with E-state index < -0.39 is 5.91 Å². The van der Waals surface area contributed by atoms with Crippen LogP contribution in [0.5, 0.6) is 5.75 Å². The number of hydrogen-bond acceptors (Lipinski definition) is 4. The Kier molecular flexibility index (Phi) is 8.65. The normalized spacial score (nSPS) is 10.3. The third-order valence-electron chi connectivity index (χ3n) is 3.72. The van der Waals surface area contributed by atoms with E-state index >= 15 is 0 Å². The number of halogens is 1. The van der Waals surface area contributed by atoms with Gasteiger partial charge < -0.3 is 4.74 Å². The second-order valence-electron chi connectivity index (χ2n) is 6.37. The van der Waals surface area contributed by atoms with Gasteiger partial charge in [0.25, 0.3) is 11.8 Å². The van der Waals surface area contributed by atoms with Gasteiger partial charge in [0.1, 0.15) is 5.75 Å². The summed E-state index contributed by atoms with van der Waals surface area (Å²) in [5.74, 6) is 0.237. The molecule has 0 aromatic heterocycles. The molecule has 0 aliphatic rings. The maximum atomic E-state index is 12.5. The smallest absolute Gasteiger partial charge is 0.270 e. The Bertz CT molecular complexity index is 858. The number of para-hydroxylation sites is 1. The summed E-state index contributed by atoms with van der Waals surface area (Å²) in [4.78, 5) is 24.7. The van der Waals surface area contributed by atoms with E-state index in [1.165, 1.54) is 0 Å². The Hall–Kier alpha value is -2.20. The van der Waals surface area contributed by atoms with Crippen LogP contribution in [0.2, 0.25) is 0 Å². The fraction of sp³-hybridized carbons (Fsp3) is 0.250. The second-order valence-corrected chi connectivity index (χ2v) is 7.94. The third kappa shape index (κ3) is 6.75. The van der Waals surface area contributed by atoms with Gasteiger partial charge in [-0.25, -0.2) is 0 Å². The summed E-state index contributed by atoms with van der Waals surface area (Å²) in [6.07, 6.45) is 0.889. The zero-order chi connectivity index (χ0) is 20.5. The molecule has 0 aliphatic heterocycles. The van der Waals surface area contributed by atoms with Gasteiger partial charge in [-0.1, -0.05) is 38.1 Å². The minimum Gasteiger partial charge on any atom is -0.493 e. The highest BCUT2D eigenvalue weighted by atomic mass is 127. The molecule has 0 spiro atoms. The highest BCUT2D eigenvalue weighted by molar-refractivity contribution is 14.1. The minimum absolute atomic E-state index is 0.0127. The fourth-order valence-corrected chi connectivity index (χ4v) is 2.99. The van der Waals surface area contributed by atoms with Crippen molar-refractivity contribution >= 4 is 51.7 Å². The zero-order valence-electron chi connectivity index (χ0n) is 15.6. The van der Waals surface area contributed by atoms with Gasteiger partial charge in [-0.05, 0) is 71.4 Å². The van der Waals surface area contributed by atoms with Crippen LogP contribution in [-0.2, 0) is 0 Å². The molecule has 0 radical (unpaired) electrons. The monoisotopic (exact) mass is 511 g/mol. The molecule has 2 aromatic rings. The van der Waals surface area contributed by atoms with Crippen molar-refractivity contribution in [1.82, 2.24) is 16.2 Å². The van der Waals surface area contributed by atoms with Crippen molar-refractivity contribution in [1.29, 1.82) is 0 Å². The molecule has 0 unspecified atom stereocenters. The van der Waals surface area contributed by atoms with Gasteiger partial charge in [0.2, 0.25) is 0 Å². The molecular formula is C20H22IN3O3S. The van der Waals surface area contributed by atoms with Gasteiger partial charge in [-0.15, -0.1) is 0 Å². The predicted molar refractivity (Wildman–Crippen MR) is 121 cm³/mol. The number of carbonyl (C=O) groups excluding carboxylic acids is 2. The van der Waals surface area contributed by atoms with Crippen LogP contribution in [0.1, 0.15) is 41.0 Å². The van der Waals surface area contributed by atoms with Crippen LogP contribution in [-0.4, -0.2) is 23.5 Å². The number of ether oxygens (including phenoxy) is 1. The molecule has 0 aliphatic carbocycles. The minimum atomic E-state index is -0.416. The van der Waals surface area contributed by atoms with E-state index in [0.717, 1.165) is 9.99 Å². The number of amides is 2. The molecule has 0 fully saturated rings. The lowest BCUT2D eigenvalue weighted by atomic mass is 10.1. The van der Waals surface area contributed by atoms with Crippen LogP contribution in [0.25, 0.3) is 0 Å². The van der Waals surface area contributed by atoms with Gasteiger partial charge in [0, 0.05) is 3.57 Å². The van der Waals surface area contributed by atoms with E-state index in [0.29, 0.717) is 29.4 Å². The standard InChI is InChI=1S/C20H22IN3O3S/c1-13(2)11-12-27-17-10-6-4-8-15(17)18(25)22-20(28)24-23-19(26)14-7-3-5-9-16(14)21/h3-10,13H,11-12H2,1-2H3,(H,23,26)(H2,22,24,25,28). The summed E-state index contributed by atoms with van der Waals surface area (Å²) < 4.78 is 6.53. The summed E-state index contributed by atoms with van der Waals surface area (Å²) >= 11 is 7.17. The Balaban J connectivity index is 1.91. The number of hydrazine groups is 1. The molecule has 6 nitrogen and oxygen atoms in total. The van der Waals surface area contributed by atoms with Crippen LogP contribution in [0.15, 0.2) is 48.5 Å². The first-order valence-corrected chi connectivity index (χ1v) is 10.2. The first-order valence-electron chi connectivity index (χ1n) is 8.76. The maximum Gasteiger partial charge on any atom is 0.270 e. The number of thiocarbonyl (C=S) groups is 1. The van der Waals surface area contributed by atoms with Crippen molar-refractivity contribution in [3.8, 4) is 5.75 Å². The van der Waals surface area contributed by atoms with E-state index in [1.54, 1.807) is 36.4 Å². The largest absolute Gasteiger partial charge is 0.493 e. The Morgan fingerprint density at radius 2 is 1.64 bits per heavy atom. The molecule has 28 heavy (non-hydrogen) atoms. The summed E-state index contributed by atoms with van der Waals surface area (Å²) in [5.41, 5.74) is 5.90. The molecule has 8 heteroatoms. The summed E-state index contributed by atoms with van der Waals surface area (Å²) in [5, 5.41) is 2.53. The quantitative estimate of drug-likeness (QED) is 0.314. The van der Waals surface area contributed by atoms with E-state index in [-0.39, 0.29) is 11.0 Å². The average molecular weight is 511 g/mol. The first-order chi connectivity index (χ1) is 13.4. The number of benzene rings is 2. The molecular weight excluding hydrogens is 489 g/mol. The van der Waals surface area contributed by atoms with Gasteiger partial charge in [0.05, 0.1) is 17.7 Å². The molecule has 2 amide bonds. The number of carbonyl (C=O) groups is 2. The third-order valence-corrected chi connectivity index (χ3v) is 4.86. The molecule has 148 valence electrons. The van der Waals surface area contributed by atoms with E-state index in [4.69, 9.17) is 17.0 Å². The Morgan fingerprint density at radius 1 is 1.00 bits per heavy atom.